The molecule has 1 spiro atoms. The first-order valence-electron chi connectivity index (χ1n) is 10.5. The van der Waals surface area contributed by atoms with Crippen molar-refractivity contribution < 1.29 is 19.1 Å². The van der Waals surface area contributed by atoms with Gasteiger partial charge in [-0.2, -0.15) is 0 Å². The highest BCUT2D eigenvalue weighted by molar-refractivity contribution is 5.92. The Morgan fingerprint density at radius 2 is 2.00 bits per heavy atom. The molecule has 1 aliphatic carbocycles. The molecule has 4 rings (SSSR count). The fourth-order valence-electron chi connectivity index (χ4n) is 4.30. The molecular formula is C22H30ClN3O4. The standard InChI is InChI=1S/C22H29N3O4.ClH/c26-19(13-29-12-15-4-2-1-3-5-15)17(10-16-6-9-23-20(16)27)25-21(28)18-11-22(7-8-22)14-24-18;/h1-5,16-18,24H,6-14H2,(H,23,27)(H,25,28);1H/t16-,17-,18?;/m0./s1. The molecule has 7 nitrogen and oxygen atoms in total. The number of ketones is 1. The molecule has 2 heterocycles. The number of benzene rings is 1. The Labute approximate surface area is 183 Å². The number of carbonyl (C=O) groups is 3. The summed E-state index contributed by atoms with van der Waals surface area (Å²) in [7, 11) is 0. The van der Waals surface area contributed by atoms with Crippen LogP contribution < -0.4 is 16.0 Å². The number of hydrogen-bond donors (Lipinski definition) is 3. The number of nitrogens with one attached hydrogen (secondary N) is 3. The molecule has 3 atom stereocenters. The van der Waals surface area contributed by atoms with Crippen molar-refractivity contribution in [3.63, 3.8) is 0 Å². The molecule has 8 heteroatoms. The summed E-state index contributed by atoms with van der Waals surface area (Å²) in [6.07, 6.45) is 4.18. The van der Waals surface area contributed by atoms with Crippen molar-refractivity contribution in [3.05, 3.63) is 35.9 Å². The highest BCUT2D eigenvalue weighted by Gasteiger charge is 2.50. The molecule has 2 aliphatic heterocycles. The number of rotatable bonds is 9. The predicted octanol–water partition coefficient (Wildman–Crippen LogP) is 1.35. The minimum absolute atomic E-state index is 0. The first-order valence-corrected chi connectivity index (χ1v) is 10.5. The van der Waals surface area contributed by atoms with Crippen molar-refractivity contribution in [1.29, 1.82) is 0 Å². The van der Waals surface area contributed by atoms with Gasteiger partial charge in [-0.1, -0.05) is 30.3 Å². The molecule has 0 bridgehead atoms. The van der Waals surface area contributed by atoms with Gasteiger partial charge < -0.3 is 20.7 Å². The number of amides is 2. The lowest BCUT2D eigenvalue weighted by Crippen LogP contribution is -2.50. The lowest BCUT2D eigenvalue weighted by atomic mass is 9.95. The van der Waals surface area contributed by atoms with Gasteiger partial charge in [0.05, 0.1) is 18.7 Å². The van der Waals surface area contributed by atoms with E-state index in [2.05, 4.69) is 16.0 Å². The van der Waals surface area contributed by atoms with Gasteiger partial charge in [0.15, 0.2) is 5.78 Å². The molecule has 3 N–H and O–H groups in total. The van der Waals surface area contributed by atoms with Gasteiger partial charge in [0.1, 0.15) is 6.61 Å². The first-order chi connectivity index (χ1) is 14.0. The second-order valence-electron chi connectivity index (χ2n) is 8.66. The number of halogens is 1. The van der Waals surface area contributed by atoms with Crippen molar-refractivity contribution in [1.82, 2.24) is 16.0 Å². The molecule has 3 fully saturated rings. The molecular weight excluding hydrogens is 406 g/mol. The van der Waals surface area contributed by atoms with Crippen LogP contribution in [-0.4, -0.2) is 49.4 Å². The highest BCUT2D eigenvalue weighted by Crippen LogP contribution is 2.51. The number of ether oxygens (including phenoxy) is 1. The molecule has 1 aromatic rings. The maximum atomic E-state index is 12.8. The SMILES string of the molecule is Cl.O=C(N[C@@H](C[C@@H]1CCNC1=O)C(=O)COCc1ccccc1)C1CC2(CC2)CN1. The van der Waals surface area contributed by atoms with Crippen LogP contribution >= 0.6 is 12.4 Å². The van der Waals surface area contributed by atoms with Crippen LogP contribution in [0.15, 0.2) is 30.3 Å². The van der Waals surface area contributed by atoms with Crippen LogP contribution in [0.1, 0.15) is 37.7 Å². The van der Waals surface area contributed by atoms with Crippen LogP contribution in [-0.2, 0) is 25.7 Å². The molecule has 2 amide bonds. The molecule has 1 unspecified atom stereocenters. The summed E-state index contributed by atoms with van der Waals surface area (Å²) in [5.41, 5.74) is 1.28. The van der Waals surface area contributed by atoms with Crippen LogP contribution in [0.25, 0.3) is 0 Å². The molecule has 1 saturated carbocycles. The van der Waals surface area contributed by atoms with E-state index < -0.39 is 6.04 Å². The largest absolute Gasteiger partial charge is 0.369 e. The average Bonchev–Trinajstić information content (AvgIpc) is 3.15. The van der Waals surface area contributed by atoms with Gasteiger partial charge in [0.2, 0.25) is 11.8 Å². The predicted molar refractivity (Wildman–Crippen MR) is 114 cm³/mol. The van der Waals surface area contributed by atoms with Gasteiger partial charge in [-0.25, -0.2) is 0 Å². The van der Waals surface area contributed by atoms with E-state index in [9.17, 15) is 14.4 Å². The topological polar surface area (TPSA) is 96.5 Å². The van der Waals surface area contributed by atoms with E-state index >= 15 is 0 Å². The Morgan fingerprint density at radius 3 is 2.63 bits per heavy atom. The third-order valence-electron chi connectivity index (χ3n) is 6.38. The number of Topliss-reactive ketones (excluding diaryl/α,β-unsaturated/α-hetero) is 1. The Hall–Kier alpha value is -1.96. The zero-order valence-corrected chi connectivity index (χ0v) is 17.8. The van der Waals surface area contributed by atoms with Gasteiger partial charge in [0.25, 0.3) is 0 Å². The maximum Gasteiger partial charge on any atom is 0.237 e. The fraction of sp³-hybridized carbons (Fsp3) is 0.591. The second-order valence-corrected chi connectivity index (χ2v) is 8.66. The van der Waals surface area contributed by atoms with E-state index in [1.54, 1.807) is 0 Å². The summed E-state index contributed by atoms with van der Waals surface area (Å²) in [6.45, 7) is 1.74. The number of carbonyl (C=O) groups excluding carboxylic acids is 3. The minimum Gasteiger partial charge on any atom is -0.369 e. The summed E-state index contributed by atoms with van der Waals surface area (Å²) in [5.74, 6) is -0.621. The van der Waals surface area contributed by atoms with Crippen molar-refractivity contribution in [2.75, 3.05) is 19.7 Å². The van der Waals surface area contributed by atoms with Crippen molar-refractivity contribution in [2.45, 2.75) is 50.8 Å². The van der Waals surface area contributed by atoms with Gasteiger partial charge in [-0.05, 0) is 43.1 Å². The van der Waals surface area contributed by atoms with Crippen molar-refractivity contribution in [2.24, 2.45) is 11.3 Å². The minimum atomic E-state index is -0.704. The second kappa shape index (κ2) is 9.90. The summed E-state index contributed by atoms with van der Waals surface area (Å²) < 4.78 is 5.59. The Balaban J connectivity index is 0.00000256. The van der Waals surface area contributed by atoms with E-state index in [0.717, 1.165) is 18.5 Å². The van der Waals surface area contributed by atoms with E-state index in [-0.39, 0.29) is 48.6 Å². The van der Waals surface area contributed by atoms with Gasteiger partial charge in [0, 0.05) is 19.0 Å². The lowest BCUT2D eigenvalue weighted by Gasteiger charge is -2.22. The zero-order chi connectivity index (χ0) is 20.3. The third kappa shape index (κ3) is 5.59. The summed E-state index contributed by atoms with van der Waals surface area (Å²) in [6, 6.07) is 8.68. The smallest absolute Gasteiger partial charge is 0.237 e. The lowest BCUT2D eigenvalue weighted by molar-refractivity contribution is -0.132. The molecule has 3 aliphatic rings. The quantitative estimate of drug-likeness (QED) is 0.544. The molecule has 2 saturated heterocycles. The zero-order valence-electron chi connectivity index (χ0n) is 17.0. The van der Waals surface area contributed by atoms with Crippen LogP contribution in [0.4, 0.5) is 0 Å². The van der Waals surface area contributed by atoms with Crippen LogP contribution in [0, 0.1) is 11.3 Å². The van der Waals surface area contributed by atoms with Crippen LogP contribution in [0.3, 0.4) is 0 Å². The Morgan fingerprint density at radius 1 is 1.23 bits per heavy atom. The van der Waals surface area contributed by atoms with Gasteiger partial charge in [-0.15, -0.1) is 12.4 Å². The average molecular weight is 436 g/mol. The normalized spacial score (nSPS) is 24.7. The summed E-state index contributed by atoms with van der Waals surface area (Å²) in [4.78, 5) is 37.6. The van der Waals surface area contributed by atoms with Crippen LogP contribution in [0.2, 0.25) is 0 Å². The summed E-state index contributed by atoms with van der Waals surface area (Å²) in [5, 5.41) is 9.00. The van der Waals surface area contributed by atoms with E-state index in [1.807, 2.05) is 30.3 Å². The molecule has 1 aromatic carbocycles. The van der Waals surface area contributed by atoms with E-state index in [0.29, 0.717) is 31.4 Å². The van der Waals surface area contributed by atoms with Gasteiger partial charge >= 0.3 is 0 Å². The first kappa shape index (κ1) is 22.7. The Bertz CT molecular complexity index is 769. The Kier molecular flexibility index (Phi) is 7.50. The van der Waals surface area contributed by atoms with Crippen LogP contribution in [0.5, 0.6) is 0 Å². The third-order valence-corrected chi connectivity index (χ3v) is 6.38. The monoisotopic (exact) mass is 435 g/mol. The van der Waals surface area contributed by atoms with Crippen molar-refractivity contribution >= 4 is 30.0 Å². The molecule has 164 valence electrons. The van der Waals surface area contributed by atoms with Crippen molar-refractivity contribution in [3.8, 4) is 0 Å². The highest BCUT2D eigenvalue weighted by atomic mass is 35.5. The van der Waals surface area contributed by atoms with E-state index in [1.165, 1.54) is 12.8 Å². The molecule has 0 aromatic heterocycles. The maximum absolute atomic E-state index is 12.8. The number of hydrogen-bond acceptors (Lipinski definition) is 5. The van der Waals surface area contributed by atoms with Gasteiger partial charge in [-0.3, -0.25) is 14.4 Å². The molecule has 0 radical (unpaired) electrons. The van der Waals surface area contributed by atoms with E-state index in [4.69, 9.17) is 4.74 Å². The summed E-state index contributed by atoms with van der Waals surface area (Å²) >= 11 is 0. The fourth-order valence-corrected chi connectivity index (χ4v) is 4.30. The molecule has 30 heavy (non-hydrogen) atoms.